The molecule has 19 heavy (non-hydrogen) atoms. The molecule has 0 spiro atoms. The third-order valence-electron chi connectivity index (χ3n) is 3.88. The molecular formula is C17H17ClO. The summed E-state index contributed by atoms with van der Waals surface area (Å²) in [6, 6.07) is 18.3. The van der Waals surface area contributed by atoms with Gasteiger partial charge >= 0.3 is 0 Å². The van der Waals surface area contributed by atoms with Gasteiger partial charge in [0.2, 0.25) is 5.06 Å². The number of alkyl halides is 1. The van der Waals surface area contributed by atoms with E-state index in [0.717, 1.165) is 24.2 Å². The highest BCUT2D eigenvalue weighted by atomic mass is 35.5. The molecule has 0 aliphatic carbocycles. The smallest absolute Gasteiger partial charge is 0.211 e. The summed E-state index contributed by atoms with van der Waals surface area (Å²) < 4.78 is 6.17. The summed E-state index contributed by atoms with van der Waals surface area (Å²) in [5, 5.41) is -0.746. The highest BCUT2D eigenvalue weighted by Gasteiger charge is 2.43. The lowest BCUT2D eigenvalue weighted by Gasteiger charge is -2.40. The molecule has 1 heterocycles. The summed E-state index contributed by atoms with van der Waals surface area (Å²) in [6.07, 6.45) is 1.96. The van der Waals surface area contributed by atoms with Crippen molar-refractivity contribution in [1.82, 2.24) is 0 Å². The van der Waals surface area contributed by atoms with Crippen LogP contribution in [0.15, 0.2) is 54.6 Å². The van der Waals surface area contributed by atoms with E-state index in [1.807, 2.05) is 42.5 Å². The first-order chi connectivity index (χ1) is 9.24. The molecule has 1 aliphatic heterocycles. The van der Waals surface area contributed by atoms with Crippen molar-refractivity contribution in [3.8, 4) is 5.75 Å². The van der Waals surface area contributed by atoms with E-state index in [4.69, 9.17) is 16.3 Å². The van der Waals surface area contributed by atoms with Crippen LogP contribution in [0.2, 0.25) is 0 Å². The van der Waals surface area contributed by atoms with Gasteiger partial charge in [0.05, 0.1) is 0 Å². The Labute approximate surface area is 119 Å². The molecule has 2 aromatic carbocycles. The van der Waals surface area contributed by atoms with E-state index in [-0.39, 0.29) is 5.92 Å². The Bertz CT molecular complexity index is 566. The van der Waals surface area contributed by atoms with Crippen LogP contribution in [-0.4, -0.2) is 0 Å². The van der Waals surface area contributed by atoms with Crippen molar-refractivity contribution in [1.29, 1.82) is 0 Å². The molecule has 98 valence electrons. The molecule has 0 saturated heterocycles. The van der Waals surface area contributed by atoms with Crippen molar-refractivity contribution in [3.63, 3.8) is 0 Å². The van der Waals surface area contributed by atoms with E-state index < -0.39 is 5.06 Å². The fourth-order valence-corrected chi connectivity index (χ4v) is 3.22. The monoisotopic (exact) mass is 272 g/mol. The Morgan fingerprint density at radius 3 is 2.53 bits per heavy atom. The number of hydrogen-bond acceptors (Lipinski definition) is 1. The van der Waals surface area contributed by atoms with Crippen LogP contribution in [0.25, 0.3) is 0 Å². The molecule has 1 aliphatic rings. The van der Waals surface area contributed by atoms with Crippen LogP contribution >= 0.6 is 11.6 Å². The van der Waals surface area contributed by atoms with Gasteiger partial charge in [-0.1, -0.05) is 67.1 Å². The van der Waals surface area contributed by atoms with Crippen molar-refractivity contribution < 1.29 is 4.74 Å². The van der Waals surface area contributed by atoms with Crippen molar-refractivity contribution in [2.24, 2.45) is 5.92 Å². The van der Waals surface area contributed by atoms with E-state index >= 15 is 0 Å². The van der Waals surface area contributed by atoms with Gasteiger partial charge < -0.3 is 4.74 Å². The van der Waals surface area contributed by atoms with Gasteiger partial charge in [-0.2, -0.15) is 0 Å². The lowest BCUT2D eigenvalue weighted by Crippen LogP contribution is -2.39. The van der Waals surface area contributed by atoms with Gasteiger partial charge in [0.25, 0.3) is 0 Å². The number of benzene rings is 2. The molecule has 3 rings (SSSR count). The van der Waals surface area contributed by atoms with Crippen molar-refractivity contribution in [3.05, 3.63) is 65.7 Å². The Hall–Kier alpha value is -1.47. The first-order valence-electron chi connectivity index (χ1n) is 6.75. The number of rotatable bonds is 2. The lowest BCUT2D eigenvalue weighted by atomic mass is 9.84. The first-order valence-corrected chi connectivity index (χ1v) is 7.13. The zero-order valence-electron chi connectivity index (χ0n) is 11.0. The second kappa shape index (κ2) is 4.90. The summed E-state index contributed by atoms with van der Waals surface area (Å²) in [6.45, 7) is 2.17. The molecule has 1 nitrogen and oxygen atoms in total. The average molecular weight is 273 g/mol. The van der Waals surface area contributed by atoms with Crippen LogP contribution in [0, 0.1) is 5.92 Å². The molecule has 2 heteroatoms. The van der Waals surface area contributed by atoms with Crippen molar-refractivity contribution in [2.75, 3.05) is 0 Å². The van der Waals surface area contributed by atoms with Gasteiger partial charge in [-0.15, -0.1) is 0 Å². The maximum absolute atomic E-state index is 6.87. The van der Waals surface area contributed by atoms with E-state index in [2.05, 4.69) is 19.1 Å². The van der Waals surface area contributed by atoms with Crippen LogP contribution in [0.3, 0.4) is 0 Å². The molecule has 0 fully saturated rings. The average Bonchev–Trinajstić information content (AvgIpc) is 2.47. The quantitative estimate of drug-likeness (QED) is 0.718. The van der Waals surface area contributed by atoms with Crippen LogP contribution < -0.4 is 4.74 Å². The molecule has 2 unspecified atom stereocenters. The van der Waals surface area contributed by atoms with Gasteiger partial charge in [0, 0.05) is 11.5 Å². The van der Waals surface area contributed by atoms with E-state index in [9.17, 15) is 0 Å². The van der Waals surface area contributed by atoms with Crippen molar-refractivity contribution >= 4 is 11.6 Å². The summed E-state index contributed by atoms with van der Waals surface area (Å²) in [5.41, 5.74) is 2.29. The lowest BCUT2D eigenvalue weighted by molar-refractivity contribution is 0.0662. The van der Waals surface area contributed by atoms with Crippen LogP contribution in [0.1, 0.15) is 24.5 Å². The first kappa shape index (κ1) is 12.6. The molecule has 0 bridgehead atoms. The largest absolute Gasteiger partial charge is 0.467 e. The van der Waals surface area contributed by atoms with Crippen LogP contribution in [-0.2, 0) is 11.5 Å². The molecule has 0 N–H and O–H groups in total. The maximum atomic E-state index is 6.87. The Morgan fingerprint density at radius 1 is 1.11 bits per heavy atom. The third kappa shape index (κ3) is 2.12. The summed E-state index contributed by atoms with van der Waals surface area (Å²) in [5.74, 6) is 1.19. The molecule has 0 saturated carbocycles. The number of ether oxygens (including phenoxy) is 1. The second-order valence-electron chi connectivity index (χ2n) is 5.03. The highest BCUT2D eigenvalue weighted by molar-refractivity contribution is 6.23. The number of fused-ring (bicyclic) bond motifs is 1. The minimum Gasteiger partial charge on any atom is -0.467 e. The normalized spacial score (nSPS) is 25.5. The van der Waals surface area contributed by atoms with E-state index in [1.54, 1.807) is 0 Å². The standard InChI is InChI=1S/C17H17ClO/c1-2-14-12-13-8-6-7-11-16(13)19-17(14,18)15-9-4-3-5-10-15/h3-11,14H,2,12H2,1H3. The molecule has 0 amide bonds. The maximum Gasteiger partial charge on any atom is 0.211 e. The minimum absolute atomic E-state index is 0.284. The summed E-state index contributed by atoms with van der Waals surface area (Å²) in [4.78, 5) is 0. The highest BCUT2D eigenvalue weighted by Crippen LogP contribution is 2.47. The predicted octanol–water partition coefficient (Wildman–Crippen LogP) is 4.74. The van der Waals surface area contributed by atoms with E-state index in [1.165, 1.54) is 5.56 Å². The minimum atomic E-state index is -0.746. The van der Waals surface area contributed by atoms with Gasteiger partial charge in [0.15, 0.2) is 0 Å². The van der Waals surface area contributed by atoms with Crippen LogP contribution in [0.5, 0.6) is 5.75 Å². The zero-order chi connectivity index (χ0) is 13.3. The molecule has 0 aromatic heterocycles. The Kier molecular flexibility index (Phi) is 3.24. The fraction of sp³-hybridized carbons (Fsp3) is 0.294. The topological polar surface area (TPSA) is 9.23 Å². The Morgan fingerprint density at radius 2 is 1.79 bits per heavy atom. The SMILES string of the molecule is CCC1Cc2ccccc2OC1(Cl)c1ccccc1. The number of halogens is 1. The van der Waals surface area contributed by atoms with Crippen molar-refractivity contribution in [2.45, 2.75) is 24.8 Å². The van der Waals surface area contributed by atoms with E-state index in [0.29, 0.717) is 0 Å². The zero-order valence-corrected chi connectivity index (χ0v) is 11.7. The summed E-state index contributed by atoms with van der Waals surface area (Å²) in [7, 11) is 0. The second-order valence-corrected chi connectivity index (χ2v) is 5.59. The third-order valence-corrected chi connectivity index (χ3v) is 4.49. The van der Waals surface area contributed by atoms with Gasteiger partial charge in [-0.05, 0) is 24.5 Å². The Balaban J connectivity index is 2.06. The summed E-state index contributed by atoms with van der Waals surface area (Å²) >= 11 is 6.87. The van der Waals surface area contributed by atoms with Gasteiger partial charge in [-0.3, -0.25) is 0 Å². The molecule has 2 aromatic rings. The predicted molar refractivity (Wildman–Crippen MR) is 78.5 cm³/mol. The van der Waals surface area contributed by atoms with Gasteiger partial charge in [-0.25, -0.2) is 0 Å². The molecular weight excluding hydrogens is 256 g/mol. The molecule has 2 atom stereocenters. The fourth-order valence-electron chi connectivity index (χ4n) is 2.78. The molecule has 0 radical (unpaired) electrons. The van der Waals surface area contributed by atoms with Crippen LogP contribution in [0.4, 0.5) is 0 Å². The number of hydrogen-bond donors (Lipinski definition) is 0. The van der Waals surface area contributed by atoms with Gasteiger partial charge in [0.1, 0.15) is 5.75 Å². The number of para-hydroxylation sites is 1.